The first-order chi connectivity index (χ1) is 69.1. The highest BCUT2D eigenvalue weighted by Crippen LogP contribution is 2.44. The molecule has 2 aliphatic rings. The number of aromatic amines is 1. The molecule has 0 bridgehead atoms. The van der Waals surface area contributed by atoms with Crippen LogP contribution in [0.1, 0.15) is 50.8 Å². The summed E-state index contributed by atoms with van der Waals surface area (Å²) < 4.78 is 59.8. The van der Waals surface area contributed by atoms with E-state index in [-0.39, 0.29) is 25.0 Å². The number of thiophene rings is 1. The molecule has 17 aromatic rings. The number of hydrogen-bond donors (Lipinski definition) is 4. The van der Waals surface area contributed by atoms with Crippen molar-refractivity contribution in [1.82, 2.24) is 90.0 Å². The number of carbonyl (C=O) groups is 2. The first kappa shape index (κ1) is 99.4. The Morgan fingerprint density at radius 2 is 0.824 bits per heavy atom. The molecule has 2 aliphatic carbocycles. The monoisotopic (exact) mass is 1960 g/mol. The maximum absolute atomic E-state index is 12.8. The molecule has 9 aromatic heterocycles. The van der Waals surface area contributed by atoms with Crippen molar-refractivity contribution in [2.24, 2.45) is 18.9 Å². The van der Waals surface area contributed by atoms with Crippen molar-refractivity contribution in [3.8, 4) is 91.0 Å². The molecule has 19 rings (SSSR count). The fourth-order valence-corrected chi connectivity index (χ4v) is 16.9. The van der Waals surface area contributed by atoms with Gasteiger partial charge in [0.1, 0.15) is 58.1 Å². The molecule has 142 heavy (non-hydrogen) atoms. The molecule has 734 valence electrons. The number of fused-ring (bicyclic) bond motifs is 4. The van der Waals surface area contributed by atoms with E-state index in [1.165, 1.54) is 25.7 Å². The van der Waals surface area contributed by atoms with E-state index in [4.69, 9.17) is 78.9 Å². The summed E-state index contributed by atoms with van der Waals surface area (Å²) in [6, 6.07) is 51.6. The summed E-state index contributed by atoms with van der Waals surface area (Å²) in [6.07, 6.45) is 26.8. The number of halogens is 1. The lowest BCUT2D eigenvalue weighted by atomic mass is 10.1. The quantitative estimate of drug-likeness (QED) is 0.0260. The van der Waals surface area contributed by atoms with Gasteiger partial charge in [0.2, 0.25) is 11.8 Å². The van der Waals surface area contributed by atoms with E-state index >= 15 is 0 Å². The molecule has 0 unspecified atom stereocenters. The topological polar surface area (TPSA) is 369 Å². The van der Waals surface area contributed by atoms with Gasteiger partial charge in [-0.1, -0.05) is 11.6 Å². The summed E-state index contributed by atoms with van der Waals surface area (Å²) in [5.41, 5.74) is 19.5. The van der Waals surface area contributed by atoms with Crippen molar-refractivity contribution >= 4 is 124 Å². The second-order valence-corrected chi connectivity index (χ2v) is 36.1. The summed E-state index contributed by atoms with van der Waals surface area (Å²) >= 11 is 7.78. The smallest absolute Gasteiger partial charge is 0.247 e. The minimum Gasteiger partial charge on any atom is -0.497 e. The van der Waals surface area contributed by atoms with Gasteiger partial charge in [-0.25, -0.2) is 19.9 Å². The van der Waals surface area contributed by atoms with Crippen molar-refractivity contribution in [1.29, 1.82) is 0 Å². The number of aliphatic hydroxyl groups excluding tert-OH is 1. The number of nitrogens with one attached hydrogen (secondary N) is 3. The van der Waals surface area contributed by atoms with Gasteiger partial charge in [0.25, 0.3) is 0 Å². The molecule has 0 radical (unpaired) electrons. The minimum absolute atomic E-state index is 0.0929. The number of aromatic nitrogens is 16. The third kappa shape index (κ3) is 25.0. The van der Waals surface area contributed by atoms with Crippen LogP contribution in [0.3, 0.4) is 0 Å². The van der Waals surface area contributed by atoms with Gasteiger partial charge < -0.3 is 82.7 Å². The Balaban J connectivity index is 0.000000137. The molecule has 2 saturated carbocycles. The predicted molar refractivity (Wildman–Crippen MR) is 551 cm³/mol. The van der Waals surface area contributed by atoms with Crippen molar-refractivity contribution < 1.29 is 62.1 Å². The Labute approximate surface area is 830 Å². The lowest BCUT2D eigenvalue weighted by molar-refractivity contribution is -0.129. The van der Waals surface area contributed by atoms with Crippen LogP contribution in [0.4, 0.5) is 45.5 Å². The van der Waals surface area contributed by atoms with Crippen LogP contribution >= 0.6 is 22.9 Å². The summed E-state index contributed by atoms with van der Waals surface area (Å²) in [5.74, 6) is 6.81. The first-order valence-electron chi connectivity index (χ1n) is 46.2. The average Bonchev–Trinajstić information content (AvgIpc) is 1.48. The lowest BCUT2D eigenvalue weighted by Crippen LogP contribution is -2.45. The third-order valence-corrected chi connectivity index (χ3v) is 25.2. The Kier molecular flexibility index (Phi) is 32.5. The van der Waals surface area contributed by atoms with Gasteiger partial charge in [0.05, 0.1) is 197 Å². The molecule has 0 spiro atoms. The van der Waals surface area contributed by atoms with Crippen LogP contribution < -0.4 is 68.1 Å². The number of rotatable bonds is 39. The summed E-state index contributed by atoms with van der Waals surface area (Å²) in [4.78, 5) is 72.7. The summed E-state index contributed by atoms with van der Waals surface area (Å²) in [6.45, 7) is 8.70. The third-order valence-electron chi connectivity index (χ3n) is 24.0. The second kappa shape index (κ2) is 46.4. The molecular formula is C105H113ClN22O13S. The first-order valence-corrected chi connectivity index (χ1v) is 47.4. The van der Waals surface area contributed by atoms with E-state index in [0.29, 0.717) is 92.0 Å². The van der Waals surface area contributed by atoms with Crippen LogP contribution in [0, 0.1) is 11.8 Å². The molecule has 35 nitrogen and oxygen atoms in total. The summed E-state index contributed by atoms with van der Waals surface area (Å²) in [7, 11) is 18.3. The molecule has 4 N–H and O–H groups in total. The molecule has 37 heteroatoms. The van der Waals surface area contributed by atoms with Gasteiger partial charge in [-0.05, 0) is 143 Å². The van der Waals surface area contributed by atoms with Crippen molar-refractivity contribution in [2.45, 2.75) is 64.6 Å². The number of methoxy groups -OCH3 is 10. The van der Waals surface area contributed by atoms with Crippen LogP contribution in [0.5, 0.6) is 46.0 Å². The van der Waals surface area contributed by atoms with Crippen LogP contribution in [0.25, 0.3) is 89.2 Å². The highest BCUT2D eigenvalue weighted by molar-refractivity contribution is 7.16. The van der Waals surface area contributed by atoms with E-state index in [2.05, 4.69) is 99.9 Å². The van der Waals surface area contributed by atoms with Gasteiger partial charge in [-0.2, -0.15) is 20.4 Å². The van der Waals surface area contributed by atoms with Gasteiger partial charge in [-0.3, -0.25) is 48.7 Å². The number of benzene rings is 8. The number of nitrogens with zero attached hydrogens (tertiary/aromatic N) is 19. The van der Waals surface area contributed by atoms with Crippen molar-refractivity contribution in [2.75, 3.05) is 143 Å². The van der Waals surface area contributed by atoms with Gasteiger partial charge >= 0.3 is 0 Å². The molecule has 9 heterocycles. The minimum atomic E-state index is -0.884. The Bertz CT molecular complexity index is 7110. The molecular weight excluding hydrogens is 1840 g/mol. The number of aliphatic hydroxyl groups is 1. The normalized spacial score (nSPS) is 12.2. The standard InChI is InChI=1S/C30H36N6O4.C28H32N6O4.C25H22ClN5O2S.C22H23N5O3/c1-30(2,29(37)31-10-11-38-3)36-19-21(16-33-36)28-17-32-26-9-8-22(14-27(26)34-28)35(18-20-6-7-20)23-12-24(39-4)15-25(13-23)40-5;1-36-9-8-29-28(35)18-33-17-20(14-31-33)27-15-30-25-7-6-21(12-26(25)32-27)34(16-19-4-5-19)22-10-23(37-2)13-24(11-22)38-3;1-30-14-16(12-28-30)24-13-27-22-6-4-17(10-23(22)29-24)31(15-21-5-7-25(26)34-21)18-8-19(32-2)11-20(9-18)33-3;1-29-18-8-17(9-19(11-18)30-2)27(6-3-7-28)16-4-5-20-21(10-16)26-22(14-23-20)15-12-24-25-13-15/h8-9,12-17,19-20H,6-7,10-11,18H2,1-5H3,(H,31,37);6-7,10-15,17,19H,4-5,8-9,16,18H2,1-3H3,(H,29,35);4-14H,15H2,1-3H3;4-5,8-14,28H,3,6-7H2,1-2H3,(H,24,25). The number of aryl methyl sites for hydroxylation is 1. The summed E-state index contributed by atoms with van der Waals surface area (Å²) in [5, 5.41) is 34.9. The number of hydrogen-bond acceptors (Lipinski definition) is 30. The zero-order valence-electron chi connectivity index (χ0n) is 81.3. The molecule has 0 aliphatic heterocycles. The number of ether oxygens (including phenoxy) is 10. The van der Waals surface area contributed by atoms with Gasteiger partial charge in [-0.15, -0.1) is 11.3 Å². The van der Waals surface area contributed by atoms with E-state index in [0.717, 1.165) is 169 Å². The Hall–Kier alpha value is -15.6. The number of anilines is 8. The number of H-pyrrole nitrogens is 1. The second-order valence-electron chi connectivity index (χ2n) is 34.3. The molecule has 0 atom stereocenters. The van der Waals surface area contributed by atoms with Gasteiger partial charge in [0, 0.05) is 231 Å². The zero-order valence-corrected chi connectivity index (χ0v) is 82.9. The van der Waals surface area contributed by atoms with Crippen LogP contribution in [0.15, 0.2) is 232 Å². The zero-order chi connectivity index (χ0) is 99.3. The fraction of sp³-hybridized carbons (Fsp3) is 0.295. The maximum Gasteiger partial charge on any atom is 0.247 e. The van der Waals surface area contributed by atoms with Gasteiger partial charge in [0.15, 0.2) is 0 Å². The lowest BCUT2D eigenvalue weighted by Gasteiger charge is -2.26. The largest absolute Gasteiger partial charge is 0.497 e. The van der Waals surface area contributed by atoms with Crippen LogP contribution in [-0.2, 0) is 44.7 Å². The number of amides is 2. The number of carbonyl (C=O) groups excluding carboxylic acids is 2. The highest BCUT2D eigenvalue weighted by atomic mass is 35.5. The average molecular weight is 1960 g/mol. The fourth-order valence-electron chi connectivity index (χ4n) is 15.8. The van der Waals surface area contributed by atoms with E-state index < -0.39 is 5.54 Å². The Morgan fingerprint density at radius 1 is 0.437 bits per heavy atom. The van der Waals surface area contributed by atoms with Crippen LogP contribution in [-0.4, -0.2) is 220 Å². The SMILES string of the molecule is COCCNC(=O)C(C)(C)n1cc(-c2cnc3ccc(N(CC4CC4)c4cc(OC)cc(OC)c4)cc3n2)cn1.COCCNC(=O)Cn1cc(-c2cnc3ccc(N(CC4CC4)c4cc(OC)cc(OC)c4)cc3n2)cn1.COc1cc(OC)cc(N(CCCO)c2ccc3ncc(-c4cn[nH]c4)nc3c2)c1.COc1cc(OC)cc(N(Cc2ccc(Cl)s2)c2ccc3ncc(-c4cnn(C)c4)nc3c2)c1. The van der Waals surface area contributed by atoms with E-state index in [9.17, 15) is 14.7 Å². The molecule has 8 aromatic carbocycles. The molecule has 0 saturated heterocycles. The predicted octanol–water partition coefficient (Wildman–Crippen LogP) is 18.0. The van der Waals surface area contributed by atoms with Crippen molar-refractivity contribution in [3.63, 3.8) is 0 Å². The maximum atomic E-state index is 12.8. The van der Waals surface area contributed by atoms with E-state index in [1.807, 2.05) is 167 Å². The van der Waals surface area contributed by atoms with Crippen LogP contribution in [0.2, 0.25) is 4.34 Å². The highest BCUT2D eigenvalue weighted by Gasteiger charge is 2.33. The van der Waals surface area contributed by atoms with Crippen molar-refractivity contribution in [3.05, 3.63) is 241 Å². The van der Waals surface area contributed by atoms with E-state index in [1.54, 1.807) is 158 Å². The molecule has 2 amide bonds. The Morgan fingerprint density at radius 3 is 1.21 bits per heavy atom. The molecule has 2 fully saturated rings.